The number of amides is 1. The van der Waals surface area contributed by atoms with Crippen LogP contribution in [0, 0.1) is 0 Å². The zero-order valence-corrected chi connectivity index (χ0v) is 17.7. The molecule has 0 aliphatic rings. The van der Waals surface area contributed by atoms with E-state index in [1.807, 2.05) is 0 Å². The van der Waals surface area contributed by atoms with Gasteiger partial charge in [-0.2, -0.15) is 17.5 Å². The van der Waals surface area contributed by atoms with Crippen LogP contribution in [0.15, 0.2) is 47.4 Å². The molecule has 30 heavy (non-hydrogen) atoms. The van der Waals surface area contributed by atoms with Gasteiger partial charge in [0.15, 0.2) is 0 Å². The lowest BCUT2D eigenvalue weighted by atomic mass is 10.1. The average Bonchev–Trinajstić information content (AvgIpc) is 2.67. The highest BCUT2D eigenvalue weighted by Crippen LogP contribution is 2.34. The third kappa shape index (κ3) is 5.65. The zero-order valence-electron chi connectivity index (χ0n) is 16.2. The fourth-order valence-electron chi connectivity index (χ4n) is 2.62. The summed E-state index contributed by atoms with van der Waals surface area (Å²) >= 11 is 6.04. The maximum Gasteiger partial charge on any atom is 0.418 e. The summed E-state index contributed by atoms with van der Waals surface area (Å²) in [5.41, 5.74) is -1.48. The molecule has 0 bridgehead atoms. The standard InChI is InChI=1S/C19H20ClF3N2O4S/c1-3-25(30(27,28)13-9-10-17(29-4-2)15(20)11-13)12-18(26)24-16-8-6-5-7-14(16)19(21,22)23/h5-11H,3-4,12H2,1-2H3,(H,24,26). The van der Waals surface area contributed by atoms with E-state index in [9.17, 15) is 26.4 Å². The first-order valence-electron chi connectivity index (χ1n) is 8.89. The van der Waals surface area contributed by atoms with E-state index in [-0.39, 0.29) is 16.5 Å². The Morgan fingerprint density at radius 3 is 2.40 bits per heavy atom. The van der Waals surface area contributed by atoms with Crippen molar-refractivity contribution >= 4 is 33.2 Å². The monoisotopic (exact) mass is 464 g/mol. The molecule has 0 aliphatic carbocycles. The topological polar surface area (TPSA) is 75.7 Å². The summed E-state index contributed by atoms with van der Waals surface area (Å²) in [7, 11) is -4.12. The molecule has 0 aliphatic heterocycles. The van der Waals surface area contributed by atoms with Crippen molar-refractivity contribution in [2.45, 2.75) is 24.9 Å². The lowest BCUT2D eigenvalue weighted by Crippen LogP contribution is -2.38. The van der Waals surface area contributed by atoms with Crippen LogP contribution in [0.3, 0.4) is 0 Å². The van der Waals surface area contributed by atoms with Crippen molar-refractivity contribution in [1.29, 1.82) is 0 Å². The Kier molecular flexibility index (Phi) is 7.73. The highest BCUT2D eigenvalue weighted by atomic mass is 35.5. The van der Waals surface area contributed by atoms with E-state index in [1.54, 1.807) is 6.92 Å². The molecule has 2 aromatic carbocycles. The van der Waals surface area contributed by atoms with Gasteiger partial charge in [0.05, 0.1) is 34.3 Å². The Labute approximate surface area is 177 Å². The number of sulfonamides is 1. The number of rotatable bonds is 8. The Hall–Kier alpha value is -2.30. The van der Waals surface area contributed by atoms with Crippen LogP contribution in [-0.2, 0) is 21.0 Å². The van der Waals surface area contributed by atoms with E-state index in [0.717, 1.165) is 16.4 Å². The number of halogens is 4. The largest absolute Gasteiger partial charge is 0.492 e. The van der Waals surface area contributed by atoms with Crippen molar-refractivity contribution in [3.8, 4) is 5.75 Å². The minimum absolute atomic E-state index is 0.0811. The Bertz CT molecular complexity index is 1010. The van der Waals surface area contributed by atoms with Crippen LogP contribution >= 0.6 is 11.6 Å². The Morgan fingerprint density at radius 1 is 1.17 bits per heavy atom. The highest BCUT2D eigenvalue weighted by Gasteiger charge is 2.34. The molecule has 0 aromatic heterocycles. The second-order valence-corrected chi connectivity index (χ2v) is 8.39. The van der Waals surface area contributed by atoms with Crippen LogP contribution in [0.5, 0.6) is 5.75 Å². The van der Waals surface area contributed by atoms with Crippen LogP contribution in [0.4, 0.5) is 18.9 Å². The van der Waals surface area contributed by atoms with Gasteiger partial charge in [0.1, 0.15) is 5.75 Å². The minimum Gasteiger partial charge on any atom is -0.492 e. The van der Waals surface area contributed by atoms with Crippen molar-refractivity contribution in [3.05, 3.63) is 53.1 Å². The second kappa shape index (κ2) is 9.67. The predicted octanol–water partition coefficient (Wildman–Crippen LogP) is 4.41. The maximum absolute atomic E-state index is 13.1. The number of alkyl halides is 3. The fraction of sp³-hybridized carbons (Fsp3) is 0.316. The lowest BCUT2D eigenvalue weighted by molar-refractivity contribution is -0.137. The molecule has 6 nitrogen and oxygen atoms in total. The first kappa shape index (κ1) is 24.0. The predicted molar refractivity (Wildman–Crippen MR) is 107 cm³/mol. The number of anilines is 1. The minimum atomic E-state index is -4.67. The van der Waals surface area contributed by atoms with Gasteiger partial charge < -0.3 is 10.1 Å². The molecular formula is C19H20ClF3N2O4S. The molecule has 164 valence electrons. The lowest BCUT2D eigenvalue weighted by Gasteiger charge is -2.21. The van der Waals surface area contributed by atoms with Crippen LogP contribution in [0.2, 0.25) is 5.02 Å². The number of nitrogens with one attached hydrogen (secondary N) is 1. The first-order valence-corrected chi connectivity index (χ1v) is 10.7. The number of likely N-dealkylation sites (N-methyl/N-ethyl adjacent to an activating group) is 1. The van der Waals surface area contributed by atoms with E-state index < -0.39 is 39.9 Å². The summed E-state index contributed by atoms with van der Waals surface area (Å²) in [5, 5.41) is 2.21. The third-order valence-corrected chi connectivity index (χ3v) is 6.23. The number of para-hydroxylation sites is 1. The van der Waals surface area contributed by atoms with Crippen LogP contribution in [-0.4, -0.2) is 38.3 Å². The quantitative estimate of drug-likeness (QED) is 0.628. The smallest absolute Gasteiger partial charge is 0.418 e. The summed E-state index contributed by atoms with van der Waals surface area (Å²) in [5.74, 6) is -0.600. The van der Waals surface area contributed by atoms with Crippen LogP contribution in [0.1, 0.15) is 19.4 Å². The summed E-state index contributed by atoms with van der Waals surface area (Å²) in [6, 6.07) is 8.32. The fourth-order valence-corrected chi connectivity index (χ4v) is 4.35. The number of carbonyl (C=O) groups excluding carboxylic acids is 1. The summed E-state index contributed by atoms with van der Waals surface area (Å²) in [4.78, 5) is 12.1. The molecule has 0 unspecified atom stereocenters. The van der Waals surface area contributed by atoms with E-state index in [2.05, 4.69) is 5.32 Å². The van der Waals surface area contributed by atoms with Gasteiger partial charge >= 0.3 is 6.18 Å². The Morgan fingerprint density at radius 2 is 1.83 bits per heavy atom. The second-order valence-electron chi connectivity index (χ2n) is 6.05. The van der Waals surface area contributed by atoms with Gasteiger partial charge in [-0.25, -0.2) is 8.42 Å². The van der Waals surface area contributed by atoms with Crippen molar-refractivity contribution < 1.29 is 31.1 Å². The molecule has 0 spiro atoms. The SMILES string of the molecule is CCOc1ccc(S(=O)(=O)N(CC)CC(=O)Nc2ccccc2C(F)(F)F)cc1Cl. The molecular weight excluding hydrogens is 445 g/mol. The van der Waals surface area contributed by atoms with Gasteiger partial charge in [0, 0.05) is 6.54 Å². The number of carbonyl (C=O) groups is 1. The van der Waals surface area contributed by atoms with Crippen LogP contribution < -0.4 is 10.1 Å². The molecule has 11 heteroatoms. The van der Waals surface area contributed by atoms with Crippen molar-refractivity contribution in [2.24, 2.45) is 0 Å². The number of ether oxygens (including phenoxy) is 1. The van der Waals surface area contributed by atoms with Gasteiger partial charge in [-0.05, 0) is 37.3 Å². The molecule has 0 saturated carbocycles. The summed E-state index contributed by atoms with van der Waals surface area (Å²) < 4.78 is 71.1. The van der Waals surface area contributed by atoms with E-state index >= 15 is 0 Å². The average molecular weight is 465 g/mol. The van der Waals surface area contributed by atoms with Crippen molar-refractivity contribution in [1.82, 2.24) is 4.31 Å². The summed E-state index contributed by atoms with van der Waals surface area (Å²) in [6.45, 7) is 2.84. The molecule has 0 radical (unpaired) electrons. The molecule has 2 rings (SSSR count). The normalized spacial score (nSPS) is 12.1. The third-order valence-electron chi connectivity index (χ3n) is 4.02. The van der Waals surface area contributed by atoms with Crippen LogP contribution in [0.25, 0.3) is 0 Å². The van der Waals surface area contributed by atoms with E-state index in [1.165, 1.54) is 37.3 Å². The summed E-state index contributed by atoms with van der Waals surface area (Å²) in [6.07, 6.45) is -4.67. The van der Waals surface area contributed by atoms with Crippen molar-refractivity contribution in [2.75, 3.05) is 25.0 Å². The van der Waals surface area contributed by atoms with Gasteiger partial charge in [-0.3, -0.25) is 4.79 Å². The molecule has 2 aromatic rings. The first-order chi connectivity index (χ1) is 14.0. The number of benzene rings is 2. The molecule has 1 N–H and O–H groups in total. The molecule has 0 fully saturated rings. The molecule has 1 amide bonds. The number of nitrogens with zero attached hydrogens (tertiary/aromatic N) is 1. The highest BCUT2D eigenvalue weighted by molar-refractivity contribution is 7.89. The van der Waals surface area contributed by atoms with E-state index in [0.29, 0.717) is 12.4 Å². The number of hydrogen-bond acceptors (Lipinski definition) is 4. The molecule has 0 saturated heterocycles. The Balaban J connectivity index is 2.22. The van der Waals surface area contributed by atoms with Gasteiger partial charge in [-0.1, -0.05) is 30.7 Å². The maximum atomic E-state index is 13.1. The van der Waals surface area contributed by atoms with Gasteiger partial charge in [0.2, 0.25) is 15.9 Å². The van der Waals surface area contributed by atoms with Gasteiger partial charge in [-0.15, -0.1) is 0 Å². The van der Waals surface area contributed by atoms with Gasteiger partial charge in [0.25, 0.3) is 0 Å². The molecule has 0 atom stereocenters. The molecule has 0 heterocycles. The number of hydrogen-bond donors (Lipinski definition) is 1. The zero-order chi connectivity index (χ0) is 22.5. The van der Waals surface area contributed by atoms with E-state index in [4.69, 9.17) is 16.3 Å². The van der Waals surface area contributed by atoms with Crippen molar-refractivity contribution in [3.63, 3.8) is 0 Å².